The van der Waals surface area contributed by atoms with Crippen molar-refractivity contribution >= 4 is 35.1 Å². The SMILES string of the molecule is C=CCOCc1cc(OC)c(-c2ccc(C[C@H](NC(=O)C(C)=C(Cl)Cl)C(=O)O)cc2)c(OC)c1. The van der Waals surface area contributed by atoms with Crippen molar-refractivity contribution in [2.24, 2.45) is 0 Å². The number of halogens is 2. The second kappa shape index (κ2) is 13.0. The smallest absolute Gasteiger partial charge is 0.326 e. The van der Waals surface area contributed by atoms with Gasteiger partial charge in [-0.2, -0.15) is 0 Å². The number of methoxy groups -OCH3 is 2. The first kappa shape index (κ1) is 27.2. The highest BCUT2D eigenvalue weighted by molar-refractivity contribution is 6.57. The van der Waals surface area contributed by atoms with Gasteiger partial charge in [-0.15, -0.1) is 6.58 Å². The summed E-state index contributed by atoms with van der Waals surface area (Å²) in [5.74, 6) is -0.593. The third-order valence-electron chi connectivity index (χ3n) is 4.98. The van der Waals surface area contributed by atoms with Gasteiger partial charge in [0.1, 0.15) is 22.0 Å². The van der Waals surface area contributed by atoms with Gasteiger partial charge in [-0.1, -0.05) is 53.5 Å². The number of benzene rings is 2. The predicted octanol–water partition coefficient (Wildman–Crippen LogP) is 4.89. The first-order valence-electron chi connectivity index (χ1n) is 10.3. The molecule has 0 heterocycles. The van der Waals surface area contributed by atoms with Crippen LogP contribution in [0, 0.1) is 0 Å². The summed E-state index contributed by atoms with van der Waals surface area (Å²) >= 11 is 11.2. The Hall–Kier alpha value is -3.00. The monoisotopic (exact) mass is 507 g/mol. The molecule has 0 fully saturated rings. The summed E-state index contributed by atoms with van der Waals surface area (Å²) in [6.45, 7) is 5.86. The zero-order valence-electron chi connectivity index (χ0n) is 19.2. The molecule has 2 rings (SSSR count). The number of amides is 1. The molecule has 1 amide bonds. The Morgan fingerprint density at radius 2 is 1.68 bits per heavy atom. The van der Waals surface area contributed by atoms with Crippen LogP contribution in [0.4, 0.5) is 0 Å². The van der Waals surface area contributed by atoms with Crippen molar-refractivity contribution < 1.29 is 28.9 Å². The highest BCUT2D eigenvalue weighted by atomic mass is 35.5. The molecule has 0 bridgehead atoms. The normalized spacial score (nSPS) is 11.3. The van der Waals surface area contributed by atoms with E-state index in [1.807, 2.05) is 24.3 Å². The summed E-state index contributed by atoms with van der Waals surface area (Å²) in [4.78, 5) is 23.8. The van der Waals surface area contributed by atoms with Crippen LogP contribution in [-0.4, -0.2) is 43.9 Å². The summed E-state index contributed by atoms with van der Waals surface area (Å²) in [7, 11) is 3.15. The largest absolute Gasteiger partial charge is 0.496 e. The van der Waals surface area contributed by atoms with Crippen LogP contribution < -0.4 is 14.8 Å². The van der Waals surface area contributed by atoms with E-state index in [4.69, 9.17) is 37.4 Å². The number of carbonyl (C=O) groups is 2. The number of carboxylic acids is 1. The molecule has 0 aliphatic carbocycles. The molecule has 0 aromatic heterocycles. The van der Waals surface area contributed by atoms with Crippen molar-refractivity contribution in [3.8, 4) is 22.6 Å². The fourth-order valence-electron chi connectivity index (χ4n) is 3.19. The van der Waals surface area contributed by atoms with Gasteiger partial charge in [-0.3, -0.25) is 4.79 Å². The van der Waals surface area contributed by atoms with E-state index >= 15 is 0 Å². The van der Waals surface area contributed by atoms with Gasteiger partial charge in [0, 0.05) is 12.0 Å². The molecule has 2 aromatic rings. The molecule has 1 atom stereocenters. The Bertz CT molecular complexity index is 1040. The van der Waals surface area contributed by atoms with Crippen LogP contribution in [-0.2, 0) is 27.4 Å². The quantitative estimate of drug-likeness (QED) is 0.241. The molecular weight excluding hydrogens is 481 g/mol. The molecule has 0 saturated heterocycles. The molecule has 9 heteroatoms. The summed E-state index contributed by atoms with van der Waals surface area (Å²) in [5.41, 5.74) is 3.21. The Balaban J connectivity index is 2.28. The zero-order valence-corrected chi connectivity index (χ0v) is 20.7. The molecule has 34 heavy (non-hydrogen) atoms. The second-order valence-electron chi connectivity index (χ2n) is 7.33. The molecular formula is C25H27Cl2NO6. The number of carboxylic acid groups (broad SMARTS) is 1. The molecule has 0 unspecified atom stereocenters. The number of carbonyl (C=O) groups excluding carboxylic acids is 1. The maximum absolute atomic E-state index is 12.1. The van der Waals surface area contributed by atoms with Gasteiger partial charge in [-0.25, -0.2) is 4.79 Å². The van der Waals surface area contributed by atoms with Crippen molar-refractivity contribution in [3.05, 3.63) is 70.2 Å². The number of nitrogens with one attached hydrogen (secondary N) is 1. The third-order valence-corrected chi connectivity index (χ3v) is 5.55. The highest BCUT2D eigenvalue weighted by Gasteiger charge is 2.22. The minimum absolute atomic E-state index is 0.0439. The van der Waals surface area contributed by atoms with E-state index in [-0.39, 0.29) is 16.5 Å². The molecule has 0 aliphatic heterocycles. The van der Waals surface area contributed by atoms with E-state index in [1.165, 1.54) is 6.92 Å². The molecule has 7 nitrogen and oxygen atoms in total. The van der Waals surface area contributed by atoms with Gasteiger partial charge in [0.2, 0.25) is 5.91 Å². The maximum atomic E-state index is 12.1. The molecule has 0 saturated carbocycles. The van der Waals surface area contributed by atoms with Crippen LogP contribution in [0.15, 0.2) is 59.1 Å². The lowest BCUT2D eigenvalue weighted by Gasteiger charge is -2.17. The number of rotatable bonds is 12. The Morgan fingerprint density at radius 1 is 1.09 bits per heavy atom. The lowest BCUT2D eigenvalue weighted by molar-refractivity contribution is -0.141. The van der Waals surface area contributed by atoms with Gasteiger partial charge in [-0.05, 0) is 35.7 Å². The van der Waals surface area contributed by atoms with Crippen molar-refractivity contribution in [1.82, 2.24) is 5.32 Å². The molecule has 182 valence electrons. The summed E-state index contributed by atoms with van der Waals surface area (Å²) in [6, 6.07) is 9.85. The van der Waals surface area contributed by atoms with E-state index in [0.717, 1.165) is 16.7 Å². The second-order valence-corrected chi connectivity index (χ2v) is 8.28. The van der Waals surface area contributed by atoms with Gasteiger partial charge in [0.25, 0.3) is 0 Å². The molecule has 2 N–H and O–H groups in total. The van der Waals surface area contributed by atoms with Crippen LogP contribution in [0.1, 0.15) is 18.1 Å². The van der Waals surface area contributed by atoms with Crippen molar-refractivity contribution in [1.29, 1.82) is 0 Å². The topological polar surface area (TPSA) is 94.1 Å². The Labute approximate surface area is 208 Å². The first-order valence-corrected chi connectivity index (χ1v) is 11.1. The minimum atomic E-state index is -1.17. The van der Waals surface area contributed by atoms with Gasteiger partial charge in [0.15, 0.2) is 0 Å². The number of aliphatic carboxylic acids is 1. The highest BCUT2D eigenvalue weighted by Crippen LogP contribution is 2.40. The first-order chi connectivity index (χ1) is 16.2. The van der Waals surface area contributed by atoms with Crippen LogP contribution in [0.25, 0.3) is 11.1 Å². The maximum Gasteiger partial charge on any atom is 0.326 e. The summed E-state index contributed by atoms with van der Waals surface area (Å²) in [5, 5.41) is 12.0. The van der Waals surface area contributed by atoms with E-state index in [9.17, 15) is 14.7 Å². The third kappa shape index (κ3) is 7.25. The van der Waals surface area contributed by atoms with E-state index in [2.05, 4.69) is 11.9 Å². The van der Waals surface area contributed by atoms with Crippen LogP contribution in [0.5, 0.6) is 11.5 Å². The predicted molar refractivity (Wildman–Crippen MR) is 133 cm³/mol. The zero-order chi connectivity index (χ0) is 25.3. The summed E-state index contributed by atoms with van der Waals surface area (Å²) < 4.78 is 16.5. The number of hydrogen-bond donors (Lipinski definition) is 2. The van der Waals surface area contributed by atoms with E-state index in [1.54, 1.807) is 32.4 Å². The van der Waals surface area contributed by atoms with Gasteiger partial charge in [0.05, 0.1) is 33.0 Å². The average molecular weight is 508 g/mol. The number of ether oxygens (including phenoxy) is 3. The van der Waals surface area contributed by atoms with Crippen LogP contribution in [0.2, 0.25) is 0 Å². The lowest BCUT2D eigenvalue weighted by Crippen LogP contribution is -2.42. The molecule has 0 spiro atoms. The van der Waals surface area contributed by atoms with Gasteiger partial charge >= 0.3 is 5.97 Å². The molecule has 2 aromatic carbocycles. The Morgan fingerprint density at radius 3 is 2.15 bits per heavy atom. The van der Waals surface area contributed by atoms with Crippen molar-refractivity contribution in [2.45, 2.75) is 26.0 Å². The van der Waals surface area contributed by atoms with E-state index < -0.39 is 17.9 Å². The standard InChI is InChI=1S/C25H27Cl2NO6/c1-5-10-34-14-17-12-20(32-3)22(21(13-17)33-4)18-8-6-16(7-9-18)11-19(25(30)31)28-24(29)15(2)23(26)27/h5-9,12-13,19H,1,10-11,14H2,2-4H3,(H,28,29)(H,30,31)/t19-/m0/s1. The fraction of sp³-hybridized carbons (Fsp3) is 0.280. The van der Waals surface area contributed by atoms with Crippen LogP contribution in [0.3, 0.4) is 0 Å². The fourth-order valence-corrected chi connectivity index (χ4v) is 3.36. The Kier molecular flexibility index (Phi) is 10.4. The van der Waals surface area contributed by atoms with Crippen molar-refractivity contribution in [2.75, 3.05) is 20.8 Å². The lowest BCUT2D eigenvalue weighted by atomic mass is 9.98. The average Bonchev–Trinajstić information content (AvgIpc) is 2.82. The molecule has 0 aliphatic rings. The summed E-state index contributed by atoms with van der Waals surface area (Å²) in [6.07, 6.45) is 1.75. The van der Waals surface area contributed by atoms with Gasteiger partial charge < -0.3 is 24.6 Å². The van der Waals surface area contributed by atoms with E-state index in [0.29, 0.717) is 30.3 Å². The van der Waals surface area contributed by atoms with Crippen molar-refractivity contribution in [3.63, 3.8) is 0 Å². The minimum Gasteiger partial charge on any atom is -0.496 e. The van der Waals surface area contributed by atoms with Crippen LogP contribution >= 0.6 is 23.2 Å². The number of hydrogen-bond acceptors (Lipinski definition) is 5. The molecule has 0 radical (unpaired) electrons.